The van der Waals surface area contributed by atoms with Gasteiger partial charge in [0.05, 0.1) is 6.10 Å². The number of ether oxygens (including phenoxy) is 1. The van der Waals surface area contributed by atoms with Gasteiger partial charge in [0.2, 0.25) is 0 Å². The van der Waals surface area contributed by atoms with E-state index in [-0.39, 0.29) is 11.2 Å². The summed E-state index contributed by atoms with van der Waals surface area (Å²) in [6, 6.07) is 3.76. The number of hydrogen-bond acceptors (Lipinski definition) is 4. The van der Waals surface area contributed by atoms with Crippen LogP contribution in [-0.4, -0.2) is 38.1 Å². The fourth-order valence-electron chi connectivity index (χ4n) is 4.37. The number of hydrogen-bond donors (Lipinski definition) is 3. The molecule has 0 radical (unpaired) electrons. The van der Waals surface area contributed by atoms with Crippen LogP contribution in [0.25, 0.3) is 0 Å². The maximum Gasteiger partial charge on any atom is 0.140 e. The highest BCUT2D eigenvalue weighted by molar-refractivity contribution is 5.56. The third-order valence-corrected chi connectivity index (χ3v) is 5.84. The van der Waals surface area contributed by atoms with Crippen molar-refractivity contribution in [2.45, 2.75) is 83.0 Å². The molecule has 5 N–H and O–H groups in total. The second-order valence-electron chi connectivity index (χ2n) is 8.13. The van der Waals surface area contributed by atoms with Crippen LogP contribution in [0.15, 0.2) is 23.8 Å². The number of benzene rings is 1. The van der Waals surface area contributed by atoms with Crippen molar-refractivity contribution in [1.29, 1.82) is 0 Å². The standard InChI is InChI=1S/C21H30O4.H2O/c1-5-6-7-8-14-11-16(22)19-15-9-13(2)10-18(23)21(15,24)20(3,4)25-17(19)12-14;/h9,11-12,15,18,22-24H,5-8,10H2,1-4H3;1H2/t15?,18?,21-;/m1./s1. The Labute approximate surface area is 155 Å². The average Bonchev–Trinajstić information content (AvgIpc) is 2.50. The quantitative estimate of drug-likeness (QED) is 0.564. The first-order chi connectivity index (χ1) is 11.7. The molecule has 26 heavy (non-hydrogen) atoms. The molecule has 0 bridgehead atoms. The number of unbranched alkanes of at least 4 members (excludes halogenated alkanes) is 2. The summed E-state index contributed by atoms with van der Waals surface area (Å²) in [4.78, 5) is 0. The molecule has 5 nitrogen and oxygen atoms in total. The monoisotopic (exact) mass is 364 g/mol. The molecule has 0 saturated carbocycles. The van der Waals surface area contributed by atoms with E-state index in [1.54, 1.807) is 6.07 Å². The third kappa shape index (κ3) is 3.13. The predicted molar refractivity (Wildman–Crippen MR) is 102 cm³/mol. The van der Waals surface area contributed by atoms with Crippen molar-refractivity contribution in [3.8, 4) is 11.5 Å². The second kappa shape index (κ2) is 7.22. The number of aromatic hydroxyl groups is 1. The topological polar surface area (TPSA) is 101 Å². The van der Waals surface area contributed by atoms with Crippen LogP contribution in [0.1, 0.15) is 70.4 Å². The van der Waals surface area contributed by atoms with E-state index in [9.17, 15) is 15.3 Å². The minimum atomic E-state index is -1.47. The molecule has 1 aromatic carbocycles. The average molecular weight is 364 g/mol. The van der Waals surface area contributed by atoms with Crippen molar-refractivity contribution in [3.05, 3.63) is 34.9 Å². The largest absolute Gasteiger partial charge is 0.507 e. The van der Waals surface area contributed by atoms with Crippen LogP contribution in [0.4, 0.5) is 0 Å². The van der Waals surface area contributed by atoms with Crippen LogP contribution in [-0.2, 0) is 6.42 Å². The molecule has 0 spiro atoms. The first kappa shape index (κ1) is 20.7. The van der Waals surface area contributed by atoms with E-state index in [2.05, 4.69) is 6.92 Å². The molecule has 0 amide bonds. The summed E-state index contributed by atoms with van der Waals surface area (Å²) in [6.07, 6.45) is 5.71. The molecule has 3 rings (SSSR count). The molecule has 1 aliphatic heterocycles. The summed E-state index contributed by atoms with van der Waals surface area (Å²) in [5.41, 5.74) is 0.204. The minimum absolute atomic E-state index is 0. The van der Waals surface area contributed by atoms with E-state index < -0.39 is 23.2 Å². The summed E-state index contributed by atoms with van der Waals surface area (Å²) in [5.74, 6) is 0.269. The van der Waals surface area contributed by atoms with Gasteiger partial charge in [-0.1, -0.05) is 31.4 Å². The number of fused-ring (bicyclic) bond motifs is 3. The molecule has 1 aromatic rings. The van der Waals surface area contributed by atoms with Crippen molar-refractivity contribution in [3.63, 3.8) is 0 Å². The van der Waals surface area contributed by atoms with Crippen LogP contribution in [0.2, 0.25) is 0 Å². The van der Waals surface area contributed by atoms with E-state index in [1.807, 2.05) is 32.9 Å². The lowest BCUT2D eigenvalue weighted by Crippen LogP contribution is -2.66. The zero-order chi connectivity index (χ0) is 18.4. The number of aryl methyl sites for hydroxylation is 1. The van der Waals surface area contributed by atoms with Crippen molar-refractivity contribution in [1.82, 2.24) is 0 Å². The lowest BCUT2D eigenvalue weighted by Gasteiger charge is -2.54. The predicted octanol–water partition coefficient (Wildman–Crippen LogP) is 3.00. The molecule has 3 atom stereocenters. The molecule has 0 aromatic heterocycles. The fourth-order valence-corrected chi connectivity index (χ4v) is 4.37. The van der Waals surface area contributed by atoms with E-state index in [4.69, 9.17) is 4.74 Å². The molecular formula is C21H32O5. The lowest BCUT2D eigenvalue weighted by molar-refractivity contribution is -0.196. The van der Waals surface area contributed by atoms with Gasteiger partial charge in [0, 0.05) is 11.5 Å². The first-order valence-electron chi connectivity index (χ1n) is 9.33. The van der Waals surface area contributed by atoms with Crippen molar-refractivity contribution in [2.24, 2.45) is 0 Å². The summed E-state index contributed by atoms with van der Waals surface area (Å²) in [5, 5.41) is 32.7. The van der Waals surface area contributed by atoms with Gasteiger partial charge in [0.15, 0.2) is 0 Å². The number of rotatable bonds is 4. The maximum absolute atomic E-state index is 11.4. The van der Waals surface area contributed by atoms with Gasteiger partial charge in [0.1, 0.15) is 22.7 Å². The molecule has 1 aliphatic carbocycles. The van der Waals surface area contributed by atoms with Gasteiger partial charge in [-0.2, -0.15) is 0 Å². The highest BCUT2D eigenvalue weighted by atomic mass is 16.5. The van der Waals surface area contributed by atoms with Crippen LogP contribution < -0.4 is 4.74 Å². The number of phenols is 1. The highest BCUT2D eigenvalue weighted by Crippen LogP contribution is 2.55. The van der Waals surface area contributed by atoms with Crippen molar-refractivity contribution in [2.75, 3.05) is 0 Å². The second-order valence-corrected chi connectivity index (χ2v) is 8.13. The van der Waals surface area contributed by atoms with Crippen molar-refractivity contribution >= 4 is 0 Å². The maximum atomic E-state index is 11.4. The minimum Gasteiger partial charge on any atom is -0.507 e. The molecule has 5 heteroatoms. The summed E-state index contributed by atoms with van der Waals surface area (Å²) in [6.45, 7) is 7.73. The van der Waals surface area contributed by atoms with Crippen LogP contribution in [0.5, 0.6) is 11.5 Å². The van der Waals surface area contributed by atoms with Gasteiger partial charge in [-0.3, -0.25) is 0 Å². The van der Waals surface area contributed by atoms with Gasteiger partial charge in [-0.15, -0.1) is 0 Å². The van der Waals surface area contributed by atoms with Crippen LogP contribution >= 0.6 is 0 Å². The normalized spacial score (nSPS) is 28.9. The Morgan fingerprint density at radius 2 is 1.92 bits per heavy atom. The fraction of sp³-hybridized carbons (Fsp3) is 0.619. The molecule has 146 valence electrons. The molecule has 0 fully saturated rings. The van der Waals surface area contributed by atoms with Gasteiger partial charge in [-0.05, 0) is 57.7 Å². The molecule has 1 heterocycles. The molecule has 2 unspecified atom stereocenters. The summed E-state index contributed by atoms with van der Waals surface area (Å²) >= 11 is 0. The van der Waals surface area contributed by atoms with Crippen LogP contribution in [0.3, 0.4) is 0 Å². The molecule has 2 aliphatic rings. The van der Waals surface area contributed by atoms with E-state index >= 15 is 0 Å². The zero-order valence-electron chi connectivity index (χ0n) is 16.2. The number of phenolic OH excluding ortho intramolecular Hbond substituents is 1. The van der Waals surface area contributed by atoms with Gasteiger partial charge >= 0.3 is 0 Å². The van der Waals surface area contributed by atoms with Gasteiger partial charge < -0.3 is 25.5 Å². The van der Waals surface area contributed by atoms with Gasteiger partial charge in [-0.25, -0.2) is 0 Å². The molecule has 0 saturated heterocycles. The van der Waals surface area contributed by atoms with Crippen LogP contribution in [0, 0.1) is 0 Å². The number of aliphatic hydroxyl groups excluding tert-OH is 1. The SMILES string of the molecule is CCCCCc1cc(O)c2c(c1)OC(C)(C)[C@]1(O)C(O)CC(C)=CC21.O. The Morgan fingerprint density at radius 1 is 1.23 bits per heavy atom. The Kier molecular flexibility index (Phi) is 5.76. The Hall–Kier alpha value is -1.56. The zero-order valence-corrected chi connectivity index (χ0v) is 16.2. The lowest BCUT2D eigenvalue weighted by atomic mass is 9.62. The Balaban J connectivity index is 0.00000243. The summed E-state index contributed by atoms with van der Waals surface area (Å²) < 4.78 is 6.13. The first-order valence-corrected chi connectivity index (χ1v) is 9.33. The van der Waals surface area contributed by atoms with Gasteiger partial charge in [0.25, 0.3) is 0 Å². The summed E-state index contributed by atoms with van der Waals surface area (Å²) in [7, 11) is 0. The van der Waals surface area contributed by atoms with Crippen molar-refractivity contribution < 1.29 is 25.5 Å². The highest BCUT2D eigenvalue weighted by Gasteiger charge is 2.61. The Bertz CT molecular complexity index is 694. The smallest absolute Gasteiger partial charge is 0.140 e. The number of aliphatic hydroxyl groups is 2. The van der Waals surface area contributed by atoms with E-state index in [1.165, 1.54) is 0 Å². The van der Waals surface area contributed by atoms with E-state index in [0.29, 0.717) is 17.7 Å². The van der Waals surface area contributed by atoms with E-state index in [0.717, 1.165) is 36.8 Å². The molecular weight excluding hydrogens is 332 g/mol. The third-order valence-electron chi connectivity index (χ3n) is 5.84. The Morgan fingerprint density at radius 3 is 2.58 bits per heavy atom.